The van der Waals surface area contributed by atoms with Gasteiger partial charge in [-0.25, -0.2) is 4.98 Å². The molecule has 1 aliphatic heterocycles. The van der Waals surface area contributed by atoms with Crippen LogP contribution in [0.3, 0.4) is 0 Å². The number of nitrogens with zero attached hydrogens (tertiary/aromatic N) is 2. The number of carbonyl (C=O) groups excluding carboxylic acids is 1. The molecule has 124 valence electrons. The number of H-pyrrole nitrogens is 1. The summed E-state index contributed by atoms with van der Waals surface area (Å²) in [6, 6.07) is 3.01. The molecule has 0 saturated carbocycles. The van der Waals surface area contributed by atoms with Crippen LogP contribution in [0.15, 0.2) is 33.1 Å². The van der Waals surface area contributed by atoms with Gasteiger partial charge in [0.2, 0.25) is 5.56 Å². The first-order valence-electron chi connectivity index (χ1n) is 7.89. The number of amides is 1. The van der Waals surface area contributed by atoms with E-state index < -0.39 is 5.91 Å². The quantitative estimate of drug-likeness (QED) is 0.787. The zero-order chi connectivity index (χ0) is 16.7. The topological polar surface area (TPSA) is 96.8 Å². The molecular weight excluding hydrogens is 328 g/mol. The Kier molecular flexibility index (Phi) is 3.76. The molecule has 3 heterocycles. The lowest BCUT2D eigenvalue weighted by Gasteiger charge is -2.25. The van der Waals surface area contributed by atoms with Crippen LogP contribution >= 0.6 is 11.8 Å². The number of pyridine rings is 1. The Labute approximate surface area is 141 Å². The number of hydrogen-bond acceptors (Lipinski definition) is 5. The highest BCUT2D eigenvalue weighted by molar-refractivity contribution is 7.99. The monoisotopic (exact) mass is 344 g/mol. The molecule has 8 heteroatoms. The lowest BCUT2D eigenvalue weighted by atomic mass is 9.91. The molecule has 1 atom stereocenters. The fraction of sp³-hybridized carbons (Fsp3) is 0.375. The van der Waals surface area contributed by atoms with Crippen LogP contribution < -0.4 is 16.4 Å². The minimum atomic E-state index is -0.413. The van der Waals surface area contributed by atoms with E-state index in [9.17, 15) is 14.4 Å². The van der Waals surface area contributed by atoms with E-state index in [1.807, 2.05) is 0 Å². The number of fused-ring (bicyclic) bond motifs is 2. The predicted octanol–water partition coefficient (Wildman–Crippen LogP) is 0.845. The second-order valence-corrected chi connectivity index (χ2v) is 7.00. The first-order chi connectivity index (χ1) is 11.6. The summed E-state index contributed by atoms with van der Waals surface area (Å²) in [5, 5.41) is 3.59. The normalized spacial score (nSPS) is 18.8. The molecule has 1 aliphatic carbocycles. The summed E-state index contributed by atoms with van der Waals surface area (Å²) in [7, 11) is 0. The molecule has 0 saturated heterocycles. The molecule has 2 N–H and O–H groups in total. The van der Waals surface area contributed by atoms with Gasteiger partial charge in [-0.2, -0.15) is 0 Å². The van der Waals surface area contributed by atoms with Gasteiger partial charge >= 0.3 is 0 Å². The van der Waals surface area contributed by atoms with Gasteiger partial charge in [-0.05, 0) is 30.9 Å². The van der Waals surface area contributed by atoms with E-state index in [-0.39, 0.29) is 22.7 Å². The van der Waals surface area contributed by atoms with Crippen molar-refractivity contribution in [2.24, 2.45) is 0 Å². The fourth-order valence-electron chi connectivity index (χ4n) is 3.26. The SMILES string of the molecule is O=C(NC1CCCc2[nH]c(=O)ccc21)c1cnc2n(c1=O)CCS2. The van der Waals surface area contributed by atoms with E-state index in [1.54, 1.807) is 10.6 Å². The summed E-state index contributed by atoms with van der Waals surface area (Å²) in [4.78, 5) is 43.5. The zero-order valence-corrected chi connectivity index (χ0v) is 13.7. The molecule has 2 aromatic heterocycles. The first kappa shape index (κ1) is 15.2. The second-order valence-electron chi connectivity index (χ2n) is 5.93. The summed E-state index contributed by atoms with van der Waals surface area (Å²) >= 11 is 1.52. The Morgan fingerprint density at radius 3 is 3.12 bits per heavy atom. The Hall–Kier alpha value is -2.35. The lowest BCUT2D eigenvalue weighted by molar-refractivity contribution is 0.0929. The van der Waals surface area contributed by atoms with Crippen molar-refractivity contribution in [1.82, 2.24) is 19.9 Å². The largest absolute Gasteiger partial charge is 0.345 e. The number of thioether (sulfide) groups is 1. The van der Waals surface area contributed by atoms with Crippen molar-refractivity contribution >= 4 is 17.7 Å². The standard InChI is InChI=1S/C16H16N4O3S/c21-13-5-4-9-11(18-13)2-1-3-12(9)19-14(22)10-8-17-16-20(15(10)23)6-7-24-16/h4-5,8,12H,1-3,6-7H2,(H,18,21)(H,19,22). The first-order valence-corrected chi connectivity index (χ1v) is 8.87. The van der Waals surface area contributed by atoms with Crippen molar-refractivity contribution in [3.63, 3.8) is 0 Å². The maximum Gasteiger partial charge on any atom is 0.267 e. The van der Waals surface area contributed by atoms with E-state index >= 15 is 0 Å². The third-order valence-electron chi connectivity index (χ3n) is 4.44. The van der Waals surface area contributed by atoms with Crippen molar-refractivity contribution < 1.29 is 4.79 Å². The smallest absolute Gasteiger partial charge is 0.267 e. The van der Waals surface area contributed by atoms with Crippen LogP contribution in [0.25, 0.3) is 0 Å². The number of aromatic amines is 1. The van der Waals surface area contributed by atoms with Crippen molar-refractivity contribution in [2.75, 3.05) is 5.75 Å². The van der Waals surface area contributed by atoms with Crippen LogP contribution in [-0.2, 0) is 13.0 Å². The Morgan fingerprint density at radius 2 is 2.25 bits per heavy atom. The van der Waals surface area contributed by atoms with Gasteiger partial charge in [0, 0.05) is 30.3 Å². The maximum atomic E-state index is 12.6. The summed E-state index contributed by atoms with van der Waals surface area (Å²) in [5.41, 5.74) is 1.41. The van der Waals surface area contributed by atoms with Gasteiger partial charge in [-0.15, -0.1) is 0 Å². The highest BCUT2D eigenvalue weighted by Crippen LogP contribution is 2.27. The molecule has 0 aromatic carbocycles. The van der Waals surface area contributed by atoms with Gasteiger partial charge in [-0.3, -0.25) is 19.0 Å². The molecule has 2 aromatic rings. The van der Waals surface area contributed by atoms with Gasteiger partial charge in [0.25, 0.3) is 11.5 Å². The second kappa shape index (κ2) is 5.94. The van der Waals surface area contributed by atoms with Crippen LogP contribution in [0.1, 0.15) is 40.5 Å². The minimum Gasteiger partial charge on any atom is -0.345 e. The maximum absolute atomic E-state index is 12.6. The predicted molar refractivity (Wildman–Crippen MR) is 89.4 cm³/mol. The number of nitrogens with one attached hydrogen (secondary N) is 2. The van der Waals surface area contributed by atoms with E-state index in [1.165, 1.54) is 24.0 Å². The van der Waals surface area contributed by atoms with Gasteiger partial charge in [0.05, 0.1) is 6.04 Å². The van der Waals surface area contributed by atoms with E-state index in [4.69, 9.17) is 0 Å². The summed E-state index contributed by atoms with van der Waals surface area (Å²) in [6.45, 7) is 0.584. The fourth-order valence-corrected chi connectivity index (χ4v) is 4.17. The van der Waals surface area contributed by atoms with Gasteiger partial charge in [0.15, 0.2) is 5.16 Å². The highest BCUT2D eigenvalue weighted by Gasteiger charge is 2.25. The van der Waals surface area contributed by atoms with E-state index in [2.05, 4.69) is 15.3 Å². The molecule has 2 aliphatic rings. The van der Waals surface area contributed by atoms with Crippen LogP contribution in [0.2, 0.25) is 0 Å². The third-order valence-corrected chi connectivity index (χ3v) is 5.41. The van der Waals surface area contributed by atoms with Crippen LogP contribution in [0, 0.1) is 0 Å². The van der Waals surface area contributed by atoms with E-state index in [0.29, 0.717) is 11.7 Å². The number of hydrogen-bond donors (Lipinski definition) is 2. The zero-order valence-electron chi connectivity index (χ0n) is 12.9. The number of aryl methyl sites for hydroxylation is 1. The summed E-state index contributed by atoms with van der Waals surface area (Å²) in [6.07, 6.45) is 3.80. The molecule has 4 rings (SSSR count). The molecule has 0 radical (unpaired) electrons. The summed E-state index contributed by atoms with van der Waals surface area (Å²) < 4.78 is 1.55. The van der Waals surface area contributed by atoms with Crippen molar-refractivity contribution in [3.05, 3.63) is 55.9 Å². The molecule has 1 amide bonds. The lowest BCUT2D eigenvalue weighted by Crippen LogP contribution is -2.37. The molecule has 0 spiro atoms. The minimum absolute atomic E-state index is 0.0674. The molecule has 0 bridgehead atoms. The molecule has 24 heavy (non-hydrogen) atoms. The molecular formula is C16H16N4O3S. The van der Waals surface area contributed by atoms with Crippen molar-refractivity contribution in [2.45, 2.75) is 37.0 Å². The van der Waals surface area contributed by atoms with Crippen LogP contribution in [0.4, 0.5) is 0 Å². The number of aromatic nitrogens is 3. The Bertz CT molecular complexity index is 934. The molecule has 0 fully saturated rings. The summed E-state index contributed by atoms with van der Waals surface area (Å²) in [5.74, 6) is 0.389. The molecule has 1 unspecified atom stereocenters. The Balaban J connectivity index is 1.62. The van der Waals surface area contributed by atoms with Gasteiger partial charge < -0.3 is 10.3 Å². The Morgan fingerprint density at radius 1 is 1.38 bits per heavy atom. The average Bonchev–Trinajstić information content (AvgIpc) is 3.04. The van der Waals surface area contributed by atoms with Gasteiger partial charge in [-0.1, -0.05) is 11.8 Å². The number of rotatable bonds is 2. The highest BCUT2D eigenvalue weighted by atomic mass is 32.2. The molecule has 7 nitrogen and oxygen atoms in total. The van der Waals surface area contributed by atoms with Crippen molar-refractivity contribution in [3.8, 4) is 0 Å². The number of carbonyl (C=O) groups is 1. The van der Waals surface area contributed by atoms with Crippen molar-refractivity contribution in [1.29, 1.82) is 0 Å². The third kappa shape index (κ3) is 2.56. The van der Waals surface area contributed by atoms with Crippen LogP contribution in [-0.4, -0.2) is 26.2 Å². The van der Waals surface area contributed by atoms with Crippen LogP contribution in [0.5, 0.6) is 0 Å². The average molecular weight is 344 g/mol. The van der Waals surface area contributed by atoms with E-state index in [0.717, 1.165) is 36.3 Å². The van der Waals surface area contributed by atoms with Gasteiger partial charge in [0.1, 0.15) is 5.56 Å².